The number of halogens is 4. The minimum Gasteiger partial charge on any atom is -0.475 e. The fraction of sp³-hybridized carbons (Fsp3) is 0.280. The van der Waals surface area contributed by atoms with Gasteiger partial charge < -0.3 is 4.74 Å². The fourth-order valence-electron chi connectivity index (χ4n) is 4.15. The molecule has 0 unspecified atom stereocenters. The summed E-state index contributed by atoms with van der Waals surface area (Å²) in [7, 11) is 0. The van der Waals surface area contributed by atoms with Crippen LogP contribution in [0.3, 0.4) is 0 Å². The molecular weight excluding hydrogens is 478 g/mol. The molecule has 2 aromatic heterocycles. The Kier molecular flexibility index (Phi) is 9.20. The van der Waals surface area contributed by atoms with Gasteiger partial charge in [-0.15, -0.1) is 5.10 Å². The molecule has 0 atom stereocenters. The van der Waals surface area contributed by atoms with Crippen molar-refractivity contribution in [3.8, 4) is 22.9 Å². The van der Waals surface area contributed by atoms with Crippen molar-refractivity contribution in [1.29, 1.82) is 0 Å². The minimum atomic E-state index is -0.146. The van der Waals surface area contributed by atoms with Gasteiger partial charge in [0.2, 0.25) is 5.88 Å². The molecule has 4 aromatic rings. The zero-order chi connectivity index (χ0) is 23.3. The van der Waals surface area contributed by atoms with Crippen LogP contribution in [0.4, 0.5) is 18.3 Å². The van der Waals surface area contributed by atoms with Gasteiger partial charge in [-0.05, 0) is 24.3 Å². The molecule has 0 aliphatic carbocycles. The highest BCUT2D eigenvalue weighted by atomic mass is 19.3. The van der Waals surface area contributed by atoms with Gasteiger partial charge in [-0.1, -0.05) is 30.3 Å². The van der Waals surface area contributed by atoms with Crippen LogP contribution in [0.2, 0.25) is 0 Å². The average molecular weight is 506 g/mol. The lowest BCUT2D eigenvalue weighted by Gasteiger charge is -2.34. The quantitative estimate of drug-likeness (QED) is 0.333. The van der Waals surface area contributed by atoms with Gasteiger partial charge in [0.05, 0.1) is 11.9 Å². The van der Waals surface area contributed by atoms with Crippen LogP contribution in [-0.2, 0) is 6.54 Å². The summed E-state index contributed by atoms with van der Waals surface area (Å²) in [6, 6.07) is 17.2. The number of ether oxygens (including phenoxy) is 1. The lowest BCUT2D eigenvalue weighted by Crippen LogP contribution is -2.47. The number of fused-ring (bicyclic) bond motifs is 1. The highest BCUT2D eigenvalue weighted by Crippen LogP contribution is 2.25. The summed E-state index contributed by atoms with van der Waals surface area (Å²) >= 11 is 0. The normalized spacial score (nSPS) is 14.2. The first-order chi connectivity index (χ1) is 16.7. The smallest absolute Gasteiger partial charge is 0.231 e. The first kappa shape index (κ1) is 26.9. The lowest BCUT2D eigenvalue weighted by molar-refractivity contribution is -0.00614. The van der Waals surface area contributed by atoms with Crippen molar-refractivity contribution in [2.45, 2.75) is 6.54 Å². The fourth-order valence-corrected chi connectivity index (χ4v) is 4.15. The molecular formula is C25H27F4N5O2. The predicted molar refractivity (Wildman–Crippen MR) is 129 cm³/mol. The van der Waals surface area contributed by atoms with E-state index in [0.29, 0.717) is 30.4 Å². The lowest BCUT2D eigenvalue weighted by atomic mass is 10.1. The van der Waals surface area contributed by atoms with Crippen molar-refractivity contribution >= 4 is 5.65 Å². The summed E-state index contributed by atoms with van der Waals surface area (Å²) in [5.41, 5.74) is 2.86. The van der Waals surface area contributed by atoms with E-state index in [2.05, 4.69) is 24.8 Å². The summed E-state index contributed by atoms with van der Waals surface area (Å²) in [5, 5.41) is 4.55. The van der Waals surface area contributed by atoms with E-state index in [9.17, 15) is 8.92 Å². The third-order valence-electron chi connectivity index (χ3n) is 6.03. The van der Waals surface area contributed by atoms with Gasteiger partial charge in [-0.3, -0.25) is 24.2 Å². The first-order valence-corrected chi connectivity index (χ1v) is 11.2. The van der Waals surface area contributed by atoms with Crippen molar-refractivity contribution < 1.29 is 28.0 Å². The van der Waals surface area contributed by atoms with E-state index in [0.717, 1.165) is 43.9 Å². The number of benzene rings is 2. The Bertz CT molecular complexity index is 1260. The average Bonchev–Trinajstić information content (AvgIpc) is 3.30. The van der Waals surface area contributed by atoms with Crippen molar-refractivity contribution in [1.82, 2.24) is 24.4 Å². The van der Waals surface area contributed by atoms with Gasteiger partial charge in [-0.2, -0.15) is 0 Å². The van der Waals surface area contributed by atoms with E-state index in [-0.39, 0.29) is 21.0 Å². The summed E-state index contributed by atoms with van der Waals surface area (Å²) in [4.78, 5) is 12.8. The van der Waals surface area contributed by atoms with E-state index in [1.165, 1.54) is 12.1 Å². The zero-order valence-electron chi connectivity index (χ0n) is 19.4. The topological polar surface area (TPSA) is 55.1 Å². The molecule has 1 aliphatic rings. The second-order valence-electron chi connectivity index (χ2n) is 8.25. The molecule has 11 heteroatoms. The van der Waals surface area contributed by atoms with Crippen LogP contribution in [0.15, 0.2) is 66.9 Å². The second-order valence-corrected chi connectivity index (χ2v) is 8.25. The van der Waals surface area contributed by atoms with Crippen LogP contribution in [0, 0.1) is 5.82 Å². The maximum absolute atomic E-state index is 13.9. The summed E-state index contributed by atoms with van der Waals surface area (Å²) in [5.74, 6) is 0.462. The molecule has 36 heavy (non-hydrogen) atoms. The van der Waals surface area contributed by atoms with Crippen LogP contribution in [0.25, 0.3) is 16.9 Å². The van der Waals surface area contributed by atoms with E-state index in [1.54, 1.807) is 35.0 Å². The number of aromatic nitrogens is 3. The molecule has 0 amide bonds. The van der Waals surface area contributed by atoms with Crippen LogP contribution < -0.4 is 9.68 Å². The van der Waals surface area contributed by atoms with Gasteiger partial charge in [0.25, 0.3) is 0 Å². The Morgan fingerprint density at radius 1 is 0.889 bits per heavy atom. The minimum absolute atomic E-state index is 0. The monoisotopic (exact) mass is 505 g/mol. The summed E-state index contributed by atoms with van der Waals surface area (Å²) < 4.78 is 34.1. The van der Waals surface area contributed by atoms with Crippen LogP contribution in [-0.4, -0.2) is 63.7 Å². The van der Waals surface area contributed by atoms with Gasteiger partial charge in [-0.25, -0.2) is 13.9 Å². The maximum atomic E-state index is 13.9. The number of nitrogens with zero attached hydrogens (tertiary/aromatic N) is 5. The first-order valence-electron chi connectivity index (χ1n) is 11.2. The van der Waals surface area contributed by atoms with E-state index < -0.39 is 0 Å². The van der Waals surface area contributed by atoms with Gasteiger partial charge >= 0.3 is 0 Å². The standard InChI is InChI=1S/C25H25F2N5O2.2FH/c26-22-7-2-1-4-20(22)18-31-12-10-30(11-13-31)14-15-33-25-9-8-24-28-17-23(32(24)29-25)19-5-3-6-21(16-19)34-27;;/h1-9,16-17H,10-15,18H2;2*1H. The van der Waals surface area contributed by atoms with Crippen LogP contribution in [0.5, 0.6) is 11.6 Å². The Hall–Kier alpha value is -3.70. The third kappa shape index (κ3) is 6.10. The van der Waals surface area contributed by atoms with Crippen molar-refractivity contribution in [3.63, 3.8) is 0 Å². The molecule has 0 saturated carbocycles. The Morgan fingerprint density at radius 2 is 1.67 bits per heavy atom. The number of imidazole rings is 1. The SMILES string of the molecule is F.F.FOc1cccc(-c2cnc3ccc(OCCN4CCN(Cc5ccccc5F)CC4)nn23)c1. The maximum Gasteiger partial charge on any atom is 0.231 e. The Morgan fingerprint density at radius 3 is 2.44 bits per heavy atom. The third-order valence-corrected chi connectivity index (χ3v) is 6.03. The molecule has 0 spiro atoms. The largest absolute Gasteiger partial charge is 0.475 e. The molecule has 5 rings (SSSR count). The van der Waals surface area contributed by atoms with Gasteiger partial charge in [0.1, 0.15) is 12.4 Å². The van der Waals surface area contributed by atoms with Crippen LogP contribution in [0.1, 0.15) is 5.56 Å². The molecule has 2 aromatic carbocycles. The predicted octanol–water partition coefficient (Wildman–Crippen LogP) is 4.30. The Labute approximate surface area is 205 Å². The van der Waals surface area contributed by atoms with Crippen molar-refractivity contribution in [2.75, 3.05) is 39.3 Å². The molecule has 3 heterocycles. The highest BCUT2D eigenvalue weighted by Gasteiger charge is 2.18. The highest BCUT2D eigenvalue weighted by molar-refractivity contribution is 5.64. The second kappa shape index (κ2) is 12.3. The van der Waals surface area contributed by atoms with Crippen molar-refractivity contribution in [3.05, 3.63) is 78.2 Å². The van der Waals surface area contributed by atoms with Crippen LogP contribution >= 0.6 is 0 Å². The molecule has 1 fully saturated rings. The molecule has 1 saturated heterocycles. The van der Waals surface area contributed by atoms with Crippen molar-refractivity contribution in [2.24, 2.45) is 0 Å². The van der Waals surface area contributed by atoms with E-state index in [4.69, 9.17) is 4.74 Å². The molecule has 1 aliphatic heterocycles. The molecule has 0 N–H and O–H groups in total. The van der Waals surface area contributed by atoms with E-state index in [1.807, 2.05) is 24.3 Å². The molecule has 0 radical (unpaired) electrons. The summed E-state index contributed by atoms with van der Waals surface area (Å²) in [6.07, 6.45) is 1.68. The molecule has 7 nitrogen and oxygen atoms in total. The number of piperazine rings is 1. The van der Waals surface area contributed by atoms with Gasteiger partial charge in [0, 0.05) is 61.0 Å². The number of hydrogen-bond acceptors (Lipinski definition) is 6. The number of hydrogen-bond donors (Lipinski definition) is 0. The number of rotatable bonds is 8. The molecule has 0 bridgehead atoms. The molecule has 192 valence electrons. The van der Waals surface area contributed by atoms with Gasteiger partial charge in [0.15, 0.2) is 11.4 Å². The van der Waals surface area contributed by atoms with E-state index >= 15 is 0 Å². The Balaban J connectivity index is 0.00000180. The zero-order valence-corrected chi connectivity index (χ0v) is 19.4. The summed E-state index contributed by atoms with van der Waals surface area (Å²) in [6.45, 7) is 5.50.